The Labute approximate surface area is 165 Å². The minimum atomic E-state index is -1.10. The number of halogens is 2. The number of nitrogens with zero attached hydrogens (tertiary/aromatic N) is 2. The van der Waals surface area contributed by atoms with Gasteiger partial charge in [-0.25, -0.2) is 9.97 Å². The van der Waals surface area contributed by atoms with Gasteiger partial charge in [-0.15, -0.1) is 0 Å². The number of pyridine rings is 2. The monoisotopic (exact) mass is 400 g/mol. The van der Waals surface area contributed by atoms with Gasteiger partial charge >= 0.3 is 0 Å². The molecule has 0 aliphatic heterocycles. The predicted octanol–water partition coefficient (Wildman–Crippen LogP) is 4.14. The molecule has 27 heavy (non-hydrogen) atoms. The Morgan fingerprint density at radius 1 is 0.741 bits per heavy atom. The van der Waals surface area contributed by atoms with Crippen molar-refractivity contribution in [2.24, 2.45) is 0 Å². The average molecular weight is 401 g/mol. The van der Waals surface area contributed by atoms with Gasteiger partial charge in [0.05, 0.1) is 10.0 Å². The SMILES string of the molecule is O=C(Nc1ccc(Cl)cn1)C(C(=O)Nc1ccc(Cl)cn1)c1ccccc1. The van der Waals surface area contributed by atoms with E-state index in [1.165, 1.54) is 12.4 Å². The smallest absolute Gasteiger partial charge is 0.242 e. The van der Waals surface area contributed by atoms with Crippen molar-refractivity contribution in [3.8, 4) is 0 Å². The summed E-state index contributed by atoms with van der Waals surface area (Å²) in [5, 5.41) is 6.15. The van der Waals surface area contributed by atoms with Crippen LogP contribution >= 0.6 is 23.2 Å². The molecule has 3 aromatic rings. The Hall–Kier alpha value is -2.96. The highest BCUT2D eigenvalue weighted by Crippen LogP contribution is 2.21. The highest BCUT2D eigenvalue weighted by molar-refractivity contribution is 6.30. The van der Waals surface area contributed by atoms with Crippen LogP contribution in [0.5, 0.6) is 0 Å². The Bertz CT molecular complexity index is 873. The molecule has 8 heteroatoms. The number of carbonyl (C=O) groups excluding carboxylic acids is 2. The van der Waals surface area contributed by atoms with E-state index in [9.17, 15) is 9.59 Å². The van der Waals surface area contributed by atoms with E-state index in [1.807, 2.05) is 0 Å². The molecule has 0 aliphatic rings. The zero-order chi connectivity index (χ0) is 19.2. The molecule has 0 saturated heterocycles. The lowest BCUT2D eigenvalue weighted by atomic mass is 9.97. The van der Waals surface area contributed by atoms with E-state index in [1.54, 1.807) is 54.6 Å². The summed E-state index contributed by atoms with van der Waals surface area (Å²) >= 11 is 11.6. The van der Waals surface area contributed by atoms with Crippen LogP contribution in [0.3, 0.4) is 0 Å². The van der Waals surface area contributed by atoms with Crippen molar-refractivity contribution >= 4 is 46.7 Å². The molecule has 136 valence electrons. The van der Waals surface area contributed by atoms with Gasteiger partial charge in [0, 0.05) is 12.4 Å². The van der Waals surface area contributed by atoms with Gasteiger partial charge in [0.25, 0.3) is 0 Å². The molecule has 0 spiro atoms. The van der Waals surface area contributed by atoms with Crippen LogP contribution in [0, 0.1) is 0 Å². The van der Waals surface area contributed by atoms with Crippen molar-refractivity contribution in [1.82, 2.24) is 9.97 Å². The Morgan fingerprint density at radius 3 is 1.63 bits per heavy atom. The van der Waals surface area contributed by atoms with Crippen molar-refractivity contribution in [2.75, 3.05) is 10.6 Å². The van der Waals surface area contributed by atoms with E-state index in [-0.39, 0.29) is 0 Å². The molecular weight excluding hydrogens is 387 g/mol. The molecule has 0 bridgehead atoms. The molecule has 0 atom stereocenters. The molecule has 2 heterocycles. The first-order valence-electron chi connectivity index (χ1n) is 7.93. The van der Waals surface area contributed by atoms with Gasteiger partial charge in [-0.05, 0) is 29.8 Å². The van der Waals surface area contributed by atoms with Gasteiger partial charge in [-0.3, -0.25) is 9.59 Å². The van der Waals surface area contributed by atoms with Crippen molar-refractivity contribution < 1.29 is 9.59 Å². The summed E-state index contributed by atoms with van der Waals surface area (Å²) in [7, 11) is 0. The van der Waals surface area contributed by atoms with E-state index in [4.69, 9.17) is 23.2 Å². The Morgan fingerprint density at radius 2 is 1.22 bits per heavy atom. The van der Waals surface area contributed by atoms with Gasteiger partial charge in [-0.1, -0.05) is 53.5 Å². The minimum Gasteiger partial charge on any atom is -0.310 e. The highest BCUT2D eigenvalue weighted by Gasteiger charge is 2.29. The number of amides is 2. The van der Waals surface area contributed by atoms with Gasteiger partial charge in [0.15, 0.2) is 0 Å². The summed E-state index contributed by atoms with van der Waals surface area (Å²) < 4.78 is 0. The van der Waals surface area contributed by atoms with Crippen LogP contribution in [-0.4, -0.2) is 21.8 Å². The number of nitrogens with one attached hydrogen (secondary N) is 2. The lowest BCUT2D eigenvalue weighted by molar-refractivity contribution is -0.126. The molecule has 0 saturated carbocycles. The molecule has 0 radical (unpaired) electrons. The average Bonchev–Trinajstić information content (AvgIpc) is 2.66. The zero-order valence-corrected chi connectivity index (χ0v) is 15.4. The number of benzene rings is 1. The maximum absolute atomic E-state index is 12.8. The second-order valence-electron chi connectivity index (χ2n) is 5.55. The van der Waals surface area contributed by atoms with Gasteiger partial charge in [0.2, 0.25) is 11.8 Å². The molecule has 3 rings (SSSR count). The molecule has 6 nitrogen and oxygen atoms in total. The normalized spacial score (nSPS) is 10.5. The maximum Gasteiger partial charge on any atom is 0.242 e. The fourth-order valence-corrected chi connectivity index (χ4v) is 2.59. The van der Waals surface area contributed by atoms with Gasteiger partial charge in [0.1, 0.15) is 17.6 Å². The summed E-state index contributed by atoms with van der Waals surface area (Å²) in [6.07, 6.45) is 2.82. The molecule has 0 aliphatic carbocycles. The molecule has 2 amide bonds. The van der Waals surface area contributed by atoms with Gasteiger partial charge < -0.3 is 10.6 Å². The Kier molecular flexibility index (Phi) is 6.01. The largest absolute Gasteiger partial charge is 0.310 e. The summed E-state index contributed by atoms with van der Waals surface area (Å²) in [5.74, 6) is -1.56. The first-order valence-corrected chi connectivity index (χ1v) is 8.68. The van der Waals surface area contributed by atoms with Crippen molar-refractivity contribution in [1.29, 1.82) is 0 Å². The summed E-state index contributed by atoms with van der Waals surface area (Å²) in [6, 6.07) is 15.0. The van der Waals surface area contributed by atoms with Crippen LogP contribution in [0.15, 0.2) is 67.0 Å². The third-order valence-corrected chi connectivity index (χ3v) is 4.06. The molecule has 1 aromatic carbocycles. The quantitative estimate of drug-likeness (QED) is 0.630. The van der Waals surface area contributed by atoms with E-state index in [0.717, 1.165) is 0 Å². The first-order chi connectivity index (χ1) is 13.0. The third-order valence-electron chi connectivity index (χ3n) is 3.61. The topological polar surface area (TPSA) is 84.0 Å². The van der Waals surface area contributed by atoms with Crippen LogP contribution in [0.4, 0.5) is 11.6 Å². The zero-order valence-electron chi connectivity index (χ0n) is 13.9. The standard InChI is InChI=1S/C19H14Cl2N4O2/c20-13-6-8-15(22-10-13)24-18(26)17(12-4-2-1-3-5-12)19(27)25-16-9-7-14(21)11-23-16/h1-11,17H,(H,22,24,26)(H,23,25,27). The lowest BCUT2D eigenvalue weighted by Gasteiger charge is -2.16. The van der Waals surface area contributed by atoms with E-state index in [0.29, 0.717) is 27.2 Å². The van der Waals surface area contributed by atoms with E-state index >= 15 is 0 Å². The minimum absolute atomic E-state index is 0.294. The third kappa shape index (κ3) is 5.03. The van der Waals surface area contributed by atoms with Crippen LogP contribution in [0.2, 0.25) is 10.0 Å². The highest BCUT2D eigenvalue weighted by atomic mass is 35.5. The summed E-state index contributed by atoms with van der Waals surface area (Å²) in [5.41, 5.74) is 0.537. The molecular formula is C19H14Cl2N4O2. The van der Waals surface area contributed by atoms with Crippen LogP contribution in [0.25, 0.3) is 0 Å². The lowest BCUT2D eigenvalue weighted by Crippen LogP contribution is -2.32. The van der Waals surface area contributed by atoms with Crippen molar-refractivity contribution in [3.63, 3.8) is 0 Å². The molecule has 0 unspecified atom stereocenters. The number of aromatic nitrogens is 2. The number of rotatable bonds is 5. The number of hydrogen-bond donors (Lipinski definition) is 2. The fourth-order valence-electron chi connectivity index (χ4n) is 2.36. The number of hydrogen-bond acceptors (Lipinski definition) is 4. The molecule has 0 fully saturated rings. The Balaban J connectivity index is 1.84. The van der Waals surface area contributed by atoms with Crippen molar-refractivity contribution in [3.05, 3.63) is 82.6 Å². The fraction of sp³-hybridized carbons (Fsp3) is 0.0526. The number of carbonyl (C=O) groups is 2. The summed E-state index contributed by atoms with van der Waals surface area (Å²) in [4.78, 5) is 33.6. The van der Waals surface area contributed by atoms with E-state index in [2.05, 4.69) is 20.6 Å². The predicted molar refractivity (Wildman–Crippen MR) is 105 cm³/mol. The first kappa shape index (κ1) is 18.8. The molecule has 2 N–H and O–H groups in total. The molecule has 2 aromatic heterocycles. The maximum atomic E-state index is 12.8. The van der Waals surface area contributed by atoms with E-state index < -0.39 is 17.7 Å². The van der Waals surface area contributed by atoms with Crippen molar-refractivity contribution in [2.45, 2.75) is 5.92 Å². The number of anilines is 2. The second kappa shape index (κ2) is 8.62. The van der Waals surface area contributed by atoms with Crippen LogP contribution in [-0.2, 0) is 9.59 Å². The second-order valence-corrected chi connectivity index (χ2v) is 6.42. The van der Waals surface area contributed by atoms with Crippen LogP contribution in [0.1, 0.15) is 11.5 Å². The van der Waals surface area contributed by atoms with Crippen LogP contribution < -0.4 is 10.6 Å². The van der Waals surface area contributed by atoms with Gasteiger partial charge in [-0.2, -0.15) is 0 Å². The summed E-state index contributed by atoms with van der Waals surface area (Å²) in [6.45, 7) is 0.